The Morgan fingerprint density at radius 1 is 0.737 bits per heavy atom. The fourth-order valence-corrected chi connectivity index (χ4v) is 4.22. The van der Waals surface area contributed by atoms with E-state index in [1.165, 1.54) is 5.56 Å². The summed E-state index contributed by atoms with van der Waals surface area (Å²) in [7, 11) is 0. The number of benzene rings is 4. The van der Waals surface area contributed by atoms with Crippen LogP contribution < -0.4 is 24.8 Å². The van der Waals surface area contributed by atoms with Crippen molar-refractivity contribution in [2.75, 3.05) is 25.1 Å². The standard InChI is InChI=1S/C30H27BrN2O4S/c31-27-20-23(14-15-28(27)37-17-16-22-8-3-1-4-9-22)29(34)33-30(38)32-24-10-7-13-26(21-24)36-19-18-35-25-11-5-2-6-12-25/h1-15,20-21H,16-19H2,(H2,32,33,34,38). The average molecular weight is 592 g/mol. The summed E-state index contributed by atoms with van der Waals surface area (Å²) in [6, 6.07) is 32.2. The number of carbonyl (C=O) groups is 1. The Kier molecular flexibility index (Phi) is 10.1. The van der Waals surface area contributed by atoms with Gasteiger partial charge in [-0.05, 0) is 76.2 Å². The number of nitrogens with one attached hydrogen (secondary N) is 2. The number of carbonyl (C=O) groups excluding carboxylic acids is 1. The lowest BCUT2D eigenvalue weighted by molar-refractivity contribution is 0.0977. The third-order valence-corrected chi connectivity index (χ3v) is 6.19. The van der Waals surface area contributed by atoms with Crippen LogP contribution in [0.4, 0.5) is 5.69 Å². The SMILES string of the molecule is O=C(NC(=S)Nc1cccc(OCCOc2ccccc2)c1)c1ccc(OCCc2ccccc2)c(Br)c1. The summed E-state index contributed by atoms with van der Waals surface area (Å²) < 4.78 is 18.0. The summed E-state index contributed by atoms with van der Waals surface area (Å²) in [5, 5.41) is 5.90. The average Bonchev–Trinajstić information content (AvgIpc) is 2.93. The highest BCUT2D eigenvalue weighted by atomic mass is 79.9. The molecule has 0 bridgehead atoms. The van der Waals surface area contributed by atoms with Gasteiger partial charge in [0.05, 0.1) is 11.1 Å². The smallest absolute Gasteiger partial charge is 0.257 e. The van der Waals surface area contributed by atoms with Crippen molar-refractivity contribution in [1.82, 2.24) is 5.32 Å². The van der Waals surface area contributed by atoms with Gasteiger partial charge in [0.2, 0.25) is 0 Å². The molecule has 0 aromatic heterocycles. The second kappa shape index (κ2) is 14.2. The summed E-state index contributed by atoms with van der Waals surface area (Å²) in [6.45, 7) is 1.34. The molecular formula is C30H27BrN2O4S. The van der Waals surface area contributed by atoms with Gasteiger partial charge in [-0.1, -0.05) is 54.6 Å². The van der Waals surface area contributed by atoms with Gasteiger partial charge in [0.15, 0.2) is 5.11 Å². The lowest BCUT2D eigenvalue weighted by Crippen LogP contribution is -2.34. The van der Waals surface area contributed by atoms with Crippen LogP contribution in [0.1, 0.15) is 15.9 Å². The van der Waals surface area contributed by atoms with Crippen molar-refractivity contribution >= 4 is 44.9 Å². The predicted molar refractivity (Wildman–Crippen MR) is 157 cm³/mol. The van der Waals surface area contributed by atoms with E-state index in [9.17, 15) is 4.79 Å². The minimum Gasteiger partial charge on any atom is -0.492 e. The van der Waals surface area contributed by atoms with E-state index in [-0.39, 0.29) is 11.0 Å². The van der Waals surface area contributed by atoms with Crippen molar-refractivity contribution in [3.63, 3.8) is 0 Å². The topological polar surface area (TPSA) is 68.8 Å². The van der Waals surface area contributed by atoms with Gasteiger partial charge in [0.1, 0.15) is 30.5 Å². The van der Waals surface area contributed by atoms with Crippen LogP contribution in [0.5, 0.6) is 17.2 Å². The fourth-order valence-electron chi connectivity index (χ4n) is 3.52. The molecule has 0 spiro atoms. The predicted octanol–water partition coefficient (Wildman–Crippen LogP) is 6.66. The molecule has 0 fully saturated rings. The normalized spacial score (nSPS) is 10.3. The van der Waals surface area contributed by atoms with Crippen LogP contribution in [-0.2, 0) is 6.42 Å². The third kappa shape index (κ3) is 8.61. The van der Waals surface area contributed by atoms with Crippen molar-refractivity contribution in [3.8, 4) is 17.2 Å². The molecule has 0 aliphatic carbocycles. The number of para-hydroxylation sites is 1. The number of rotatable bonds is 11. The Labute approximate surface area is 236 Å². The van der Waals surface area contributed by atoms with Crippen LogP contribution in [-0.4, -0.2) is 30.8 Å². The Morgan fingerprint density at radius 3 is 2.16 bits per heavy atom. The molecule has 8 heteroatoms. The second-order valence-electron chi connectivity index (χ2n) is 8.18. The maximum absolute atomic E-state index is 12.7. The van der Waals surface area contributed by atoms with Gasteiger partial charge in [0, 0.05) is 23.7 Å². The van der Waals surface area contributed by atoms with Crippen LogP contribution in [0, 0.1) is 0 Å². The third-order valence-electron chi connectivity index (χ3n) is 5.37. The van der Waals surface area contributed by atoms with E-state index in [1.807, 2.05) is 66.7 Å². The van der Waals surface area contributed by atoms with Gasteiger partial charge in [-0.25, -0.2) is 0 Å². The van der Waals surface area contributed by atoms with Crippen LogP contribution in [0.25, 0.3) is 0 Å². The van der Waals surface area contributed by atoms with Crippen molar-refractivity contribution in [3.05, 3.63) is 119 Å². The summed E-state index contributed by atoms with van der Waals surface area (Å²) in [5.74, 6) is 1.80. The van der Waals surface area contributed by atoms with Gasteiger partial charge in [-0.3, -0.25) is 10.1 Å². The molecule has 38 heavy (non-hydrogen) atoms. The van der Waals surface area contributed by atoms with Crippen molar-refractivity contribution in [1.29, 1.82) is 0 Å². The molecule has 0 saturated heterocycles. The zero-order valence-electron chi connectivity index (χ0n) is 20.6. The number of anilines is 1. The van der Waals surface area contributed by atoms with Crippen LogP contribution in [0.2, 0.25) is 0 Å². The molecule has 4 aromatic carbocycles. The molecular weight excluding hydrogens is 564 g/mol. The summed E-state index contributed by atoms with van der Waals surface area (Å²) >= 11 is 8.83. The molecule has 2 N–H and O–H groups in total. The minimum atomic E-state index is -0.329. The van der Waals surface area contributed by atoms with E-state index < -0.39 is 0 Å². The van der Waals surface area contributed by atoms with Crippen LogP contribution in [0.15, 0.2) is 108 Å². The fraction of sp³-hybridized carbons (Fsp3) is 0.133. The quantitative estimate of drug-likeness (QED) is 0.150. The van der Waals surface area contributed by atoms with Gasteiger partial charge in [0.25, 0.3) is 5.91 Å². The molecule has 0 atom stereocenters. The molecule has 0 aliphatic heterocycles. The molecule has 1 amide bonds. The van der Waals surface area contributed by atoms with E-state index >= 15 is 0 Å². The molecule has 0 aliphatic rings. The van der Waals surface area contributed by atoms with E-state index in [0.29, 0.717) is 47.0 Å². The van der Waals surface area contributed by atoms with E-state index in [0.717, 1.165) is 12.2 Å². The maximum atomic E-state index is 12.7. The van der Waals surface area contributed by atoms with Crippen molar-refractivity contribution < 1.29 is 19.0 Å². The maximum Gasteiger partial charge on any atom is 0.257 e. The molecule has 0 radical (unpaired) electrons. The highest BCUT2D eigenvalue weighted by molar-refractivity contribution is 9.10. The van der Waals surface area contributed by atoms with Gasteiger partial charge in [-0.15, -0.1) is 0 Å². The van der Waals surface area contributed by atoms with Gasteiger partial charge in [-0.2, -0.15) is 0 Å². The highest BCUT2D eigenvalue weighted by Crippen LogP contribution is 2.26. The summed E-state index contributed by atoms with van der Waals surface area (Å²) in [4.78, 5) is 12.7. The molecule has 4 aromatic rings. The first-order chi connectivity index (χ1) is 18.6. The summed E-state index contributed by atoms with van der Waals surface area (Å²) in [5.41, 5.74) is 2.35. The first kappa shape index (κ1) is 27.2. The van der Waals surface area contributed by atoms with Gasteiger partial charge < -0.3 is 19.5 Å². The number of hydrogen-bond donors (Lipinski definition) is 2. The molecule has 0 saturated carbocycles. The van der Waals surface area contributed by atoms with Crippen molar-refractivity contribution in [2.24, 2.45) is 0 Å². The zero-order chi connectivity index (χ0) is 26.6. The Bertz CT molecular complexity index is 1350. The largest absolute Gasteiger partial charge is 0.492 e. The first-order valence-corrected chi connectivity index (χ1v) is 13.3. The lowest BCUT2D eigenvalue weighted by Gasteiger charge is -2.13. The molecule has 0 heterocycles. The van der Waals surface area contributed by atoms with Crippen LogP contribution in [0.3, 0.4) is 0 Å². The Hall–Kier alpha value is -3.88. The number of ether oxygens (including phenoxy) is 3. The van der Waals surface area contributed by atoms with E-state index in [4.69, 9.17) is 26.4 Å². The number of hydrogen-bond acceptors (Lipinski definition) is 5. The van der Waals surface area contributed by atoms with E-state index in [2.05, 4.69) is 38.7 Å². The zero-order valence-corrected chi connectivity index (χ0v) is 23.0. The summed E-state index contributed by atoms with van der Waals surface area (Å²) in [6.07, 6.45) is 0.795. The van der Waals surface area contributed by atoms with Crippen LogP contribution >= 0.6 is 28.1 Å². The number of amides is 1. The lowest BCUT2D eigenvalue weighted by atomic mass is 10.2. The molecule has 4 rings (SSSR count). The van der Waals surface area contributed by atoms with Gasteiger partial charge >= 0.3 is 0 Å². The monoisotopic (exact) mass is 590 g/mol. The van der Waals surface area contributed by atoms with Crippen molar-refractivity contribution in [2.45, 2.75) is 6.42 Å². The second-order valence-corrected chi connectivity index (χ2v) is 9.44. The Morgan fingerprint density at radius 2 is 1.42 bits per heavy atom. The number of halogens is 1. The molecule has 0 unspecified atom stereocenters. The first-order valence-electron chi connectivity index (χ1n) is 12.1. The highest BCUT2D eigenvalue weighted by Gasteiger charge is 2.11. The molecule has 194 valence electrons. The number of thiocarbonyl (C=S) groups is 1. The Balaban J connectivity index is 1.22. The minimum absolute atomic E-state index is 0.180. The molecule has 6 nitrogen and oxygen atoms in total. The van der Waals surface area contributed by atoms with E-state index in [1.54, 1.807) is 24.3 Å².